The van der Waals surface area contributed by atoms with Gasteiger partial charge in [-0.15, -0.1) is 0 Å². The van der Waals surface area contributed by atoms with Gasteiger partial charge in [0.1, 0.15) is 0 Å². The Morgan fingerprint density at radius 2 is 2.32 bits per heavy atom. The van der Waals surface area contributed by atoms with E-state index in [1.54, 1.807) is 11.8 Å². The molecule has 3 nitrogen and oxygen atoms in total. The minimum atomic E-state index is 0.742. The highest BCUT2D eigenvalue weighted by Gasteiger charge is 2.06. The predicted molar refractivity (Wildman–Crippen MR) is 79.7 cm³/mol. The van der Waals surface area contributed by atoms with E-state index in [0.717, 1.165) is 37.6 Å². The third kappa shape index (κ3) is 4.58. The van der Waals surface area contributed by atoms with Crippen molar-refractivity contribution in [2.75, 3.05) is 18.5 Å². The van der Waals surface area contributed by atoms with Crippen molar-refractivity contribution in [1.29, 1.82) is 0 Å². The van der Waals surface area contributed by atoms with E-state index in [-0.39, 0.29) is 0 Å². The molecule has 1 aromatic heterocycles. The molecule has 1 aliphatic carbocycles. The molecule has 0 saturated carbocycles. The minimum absolute atomic E-state index is 0.742. The number of allylic oxidation sites excluding steroid dienone is 1. The van der Waals surface area contributed by atoms with Crippen molar-refractivity contribution < 1.29 is 4.74 Å². The number of aromatic nitrogens is 1. The second kappa shape index (κ2) is 7.82. The molecular formula is C16H24N2O. The summed E-state index contributed by atoms with van der Waals surface area (Å²) in [4.78, 5) is 4.36. The van der Waals surface area contributed by atoms with E-state index in [4.69, 9.17) is 4.74 Å². The second-order valence-electron chi connectivity index (χ2n) is 4.98. The standard InChI is InChI=1S/C16H24N2O/c1-2-13-19-15-9-6-11-17-16(15)18-12-10-14-7-4-3-5-8-14/h6-7,9,11H,2-5,8,10,12-13H2,1H3,(H,17,18). The highest BCUT2D eigenvalue weighted by Crippen LogP contribution is 2.23. The van der Waals surface area contributed by atoms with Crippen LogP contribution in [0.25, 0.3) is 0 Å². The topological polar surface area (TPSA) is 34.1 Å². The van der Waals surface area contributed by atoms with Crippen molar-refractivity contribution in [1.82, 2.24) is 4.98 Å². The Kier molecular flexibility index (Phi) is 5.73. The van der Waals surface area contributed by atoms with Gasteiger partial charge in [-0.05, 0) is 50.7 Å². The first-order valence-electron chi connectivity index (χ1n) is 7.39. The summed E-state index contributed by atoms with van der Waals surface area (Å²) in [7, 11) is 0. The molecule has 0 aliphatic heterocycles. The number of ether oxygens (including phenoxy) is 1. The molecule has 19 heavy (non-hydrogen) atoms. The van der Waals surface area contributed by atoms with Gasteiger partial charge in [0, 0.05) is 12.7 Å². The van der Waals surface area contributed by atoms with E-state index >= 15 is 0 Å². The highest BCUT2D eigenvalue weighted by molar-refractivity contribution is 5.49. The maximum absolute atomic E-state index is 5.69. The summed E-state index contributed by atoms with van der Waals surface area (Å²) in [6.07, 6.45) is 11.6. The Morgan fingerprint density at radius 1 is 1.37 bits per heavy atom. The summed E-state index contributed by atoms with van der Waals surface area (Å²) in [5, 5.41) is 3.39. The molecule has 0 atom stereocenters. The van der Waals surface area contributed by atoms with Crippen molar-refractivity contribution in [3.8, 4) is 5.75 Å². The van der Waals surface area contributed by atoms with Gasteiger partial charge in [0.2, 0.25) is 0 Å². The summed E-state index contributed by atoms with van der Waals surface area (Å²) in [6, 6.07) is 3.89. The normalized spacial score (nSPS) is 14.9. The lowest BCUT2D eigenvalue weighted by molar-refractivity contribution is 0.318. The Hall–Kier alpha value is -1.51. The van der Waals surface area contributed by atoms with Crippen LogP contribution in [0.15, 0.2) is 30.0 Å². The van der Waals surface area contributed by atoms with Crippen LogP contribution in [0.4, 0.5) is 5.82 Å². The summed E-state index contributed by atoms with van der Waals surface area (Å²) < 4.78 is 5.69. The predicted octanol–water partition coefficient (Wildman–Crippen LogP) is 4.17. The van der Waals surface area contributed by atoms with Crippen molar-refractivity contribution >= 4 is 5.82 Å². The molecule has 3 heteroatoms. The highest BCUT2D eigenvalue weighted by atomic mass is 16.5. The number of pyridine rings is 1. The van der Waals surface area contributed by atoms with E-state index in [0.29, 0.717) is 0 Å². The number of nitrogens with zero attached hydrogens (tertiary/aromatic N) is 1. The van der Waals surface area contributed by atoms with Gasteiger partial charge >= 0.3 is 0 Å². The summed E-state index contributed by atoms with van der Waals surface area (Å²) >= 11 is 0. The third-order valence-electron chi connectivity index (χ3n) is 3.36. The summed E-state index contributed by atoms with van der Waals surface area (Å²) in [5.41, 5.74) is 1.59. The molecule has 1 aromatic rings. The lowest BCUT2D eigenvalue weighted by Gasteiger charge is -2.14. The molecule has 1 N–H and O–H groups in total. The zero-order valence-corrected chi connectivity index (χ0v) is 11.8. The van der Waals surface area contributed by atoms with Crippen LogP contribution in [0.1, 0.15) is 45.4 Å². The van der Waals surface area contributed by atoms with E-state index in [2.05, 4.69) is 23.3 Å². The van der Waals surface area contributed by atoms with Crippen LogP contribution in [0.2, 0.25) is 0 Å². The molecule has 0 amide bonds. The van der Waals surface area contributed by atoms with Crippen LogP contribution in [0.5, 0.6) is 5.75 Å². The number of hydrogen-bond donors (Lipinski definition) is 1. The largest absolute Gasteiger partial charge is 0.490 e. The van der Waals surface area contributed by atoms with Gasteiger partial charge in [0.05, 0.1) is 6.61 Å². The maximum atomic E-state index is 5.69. The average Bonchev–Trinajstić information content (AvgIpc) is 2.47. The van der Waals surface area contributed by atoms with Gasteiger partial charge in [-0.25, -0.2) is 4.98 Å². The minimum Gasteiger partial charge on any atom is -0.490 e. The fourth-order valence-electron chi connectivity index (χ4n) is 2.32. The van der Waals surface area contributed by atoms with Crippen LogP contribution in [0, 0.1) is 0 Å². The van der Waals surface area contributed by atoms with Crippen molar-refractivity contribution in [3.63, 3.8) is 0 Å². The van der Waals surface area contributed by atoms with Gasteiger partial charge in [0.15, 0.2) is 11.6 Å². The van der Waals surface area contributed by atoms with Crippen LogP contribution in [-0.2, 0) is 0 Å². The van der Waals surface area contributed by atoms with Crippen LogP contribution < -0.4 is 10.1 Å². The summed E-state index contributed by atoms with van der Waals surface area (Å²) in [6.45, 7) is 3.79. The first-order valence-corrected chi connectivity index (χ1v) is 7.39. The number of rotatable bonds is 7. The molecule has 0 radical (unpaired) electrons. The maximum Gasteiger partial charge on any atom is 0.168 e. The second-order valence-corrected chi connectivity index (χ2v) is 4.98. The lowest BCUT2D eigenvalue weighted by Crippen LogP contribution is -2.08. The molecule has 0 spiro atoms. The quantitative estimate of drug-likeness (QED) is 0.747. The molecule has 0 bridgehead atoms. The molecule has 1 heterocycles. The third-order valence-corrected chi connectivity index (χ3v) is 3.36. The smallest absolute Gasteiger partial charge is 0.168 e. The molecule has 104 valence electrons. The Balaban J connectivity index is 1.83. The average molecular weight is 260 g/mol. The molecule has 0 fully saturated rings. The summed E-state index contributed by atoms with van der Waals surface area (Å²) in [5.74, 6) is 1.73. The van der Waals surface area contributed by atoms with Gasteiger partial charge in [-0.3, -0.25) is 0 Å². The van der Waals surface area contributed by atoms with Crippen molar-refractivity contribution in [2.24, 2.45) is 0 Å². The van der Waals surface area contributed by atoms with E-state index in [9.17, 15) is 0 Å². The molecule has 1 aliphatic rings. The fourth-order valence-corrected chi connectivity index (χ4v) is 2.32. The van der Waals surface area contributed by atoms with Crippen molar-refractivity contribution in [3.05, 3.63) is 30.0 Å². The Morgan fingerprint density at radius 3 is 3.11 bits per heavy atom. The van der Waals surface area contributed by atoms with Crippen LogP contribution in [-0.4, -0.2) is 18.1 Å². The van der Waals surface area contributed by atoms with Gasteiger partial charge in [-0.2, -0.15) is 0 Å². The van der Waals surface area contributed by atoms with Gasteiger partial charge in [0.25, 0.3) is 0 Å². The van der Waals surface area contributed by atoms with Gasteiger partial charge < -0.3 is 10.1 Å². The number of anilines is 1. The van der Waals surface area contributed by atoms with Crippen LogP contribution >= 0.6 is 0 Å². The molecule has 0 aromatic carbocycles. The SMILES string of the molecule is CCCOc1cccnc1NCCC1=CCCCC1. The molecular weight excluding hydrogens is 236 g/mol. The first kappa shape index (κ1) is 13.9. The van der Waals surface area contributed by atoms with E-state index in [1.807, 2.05) is 12.1 Å². The Labute approximate surface area is 116 Å². The first-order chi connectivity index (χ1) is 9.40. The fraction of sp³-hybridized carbons (Fsp3) is 0.562. The zero-order chi connectivity index (χ0) is 13.3. The Bertz CT molecular complexity index is 415. The monoisotopic (exact) mass is 260 g/mol. The molecule has 0 unspecified atom stereocenters. The van der Waals surface area contributed by atoms with Crippen molar-refractivity contribution in [2.45, 2.75) is 45.4 Å². The number of hydrogen-bond acceptors (Lipinski definition) is 3. The van der Waals surface area contributed by atoms with Gasteiger partial charge in [-0.1, -0.05) is 18.6 Å². The zero-order valence-electron chi connectivity index (χ0n) is 11.8. The van der Waals surface area contributed by atoms with E-state index < -0.39 is 0 Å². The molecule has 2 rings (SSSR count). The number of nitrogens with one attached hydrogen (secondary N) is 1. The van der Waals surface area contributed by atoms with Crippen LogP contribution in [0.3, 0.4) is 0 Å². The van der Waals surface area contributed by atoms with E-state index in [1.165, 1.54) is 25.7 Å². The molecule has 0 saturated heterocycles. The lowest BCUT2D eigenvalue weighted by atomic mass is 9.97.